The van der Waals surface area contributed by atoms with E-state index in [0.29, 0.717) is 35.7 Å². The Balaban J connectivity index is 1.52. The van der Waals surface area contributed by atoms with Crippen LogP contribution in [0.5, 0.6) is 5.75 Å². The van der Waals surface area contributed by atoms with Crippen LogP contribution in [0.3, 0.4) is 0 Å². The largest absolute Gasteiger partial charge is 0.496 e. The third-order valence-corrected chi connectivity index (χ3v) is 8.72. The van der Waals surface area contributed by atoms with Gasteiger partial charge in [-0.3, -0.25) is 14.2 Å². The number of hydrogen-bond acceptors (Lipinski definition) is 6. The number of aromatic nitrogens is 5. The van der Waals surface area contributed by atoms with Gasteiger partial charge in [-0.25, -0.2) is 13.8 Å². The van der Waals surface area contributed by atoms with E-state index >= 15 is 4.39 Å². The van der Waals surface area contributed by atoms with Crippen LogP contribution >= 0.6 is 11.3 Å². The van der Waals surface area contributed by atoms with Crippen molar-refractivity contribution in [3.05, 3.63) is 84.0 Å². The van der Waals surface area contributed by atoms with E-state index in [4.69, 9.17) is 14.8 Å². The van der Waals surface area contributed by atoms with E-state index < -0.39 is 11.6 Å². The van der Waals surface area contributed by atoms with E-state index in [1.165, 1.54) is 30.6 Å². The fourth-order valence-electron chi connectivity index (χ4n) is 5.91. The standard InChI is InChI=1S/C32H26F2N6O2S/c1-5-27(41)39-14-17(2)40-21(16-39)13-25(37-40)31-29(28-23(34)11-20(33)12-26(28)42-4)32-22(8-9-43-32)30(35-31)18-6-7-24-19(10-18)15-38(3)36-24/h5-13,15,17H,1,14,16H2,2-4H3/t17-/m0/s1. The van der Waals surface area contributed by atoms with Crippen LogP contribution in [0.15, 0.2) is 66.7 Å². The van der Waals surface area contributed by atoms with E-state index in [1.54, 1.807) is 9.58 Å². The third-order valence-electron chi connectivity index (χ3n) is 7.79. The van der Waals surface area contributed by atoms with Gasteiger partial charge in [-0.2, -0.15) is 10.2 Å². The lowest BCUT2D eigenvalue weighted by Gasteiger charge is -2.31. The van der Waals surface area contributed by atoms with Crippen molar-refractivity contribution in [3.8, 4) is 39.5 Å². The summed E-state index contributed by atoms with van der Waals surface area (Å²) in [6, 6.07) is 11.7. The maximum absolute atomic E-state index is 15.8. The molecule has 43 heavy (non-hydrogen) atoms. The Bertz CT molecular complexity index is 2090. The minimum atomic E-state index is -0.765. The number of methoxy groups -OCH3 is 1. The smallest absolute Gasteiger partial charge is 0.246 e. The molecule has 1 aliphatic heterocycles. The second-order valence-electron chi connectivity index (χ2n) is 10.6. The zero-order chi connectivity index (χ0) is 30.0. The highest BCUT2D eigenvalue weighted by Crippen LogP contribution is 2.47. The van der Waals surface area contributed by atoms with Crippen LogP contribution in [0.2, 0.25) is 0 Å². The van der Waals surface area contributed by atoms with Gasteiger partial charge in [0.15, 0.2) is 0 Å². The van der Waals surface area contributed by atoms with Crippen molar-refractivity contribution in [2.24, 2.45) is 7.05 Å². The van der Waals surface area contributed by atoms with Gasteiger partial charge in [-0.05, 0) is 42.6 Å². The van der Waals surface area contributed by atoms with Crippen molar-refractivity contribution in [1.82, 2.24) is 29.4 Å². The lowest BCUT2D eigenvalue weighted by molar-refractivity contribution is -0.127. The number of rotatable bonds is 5. The first-order valence-electron chi connectivity index (χ1n) is 13.6. The number of nitrogens with zero attached hydrogens (tertiary/aromatic N) is 6. The molecule has 6 aromatic rings. The van der Waals surface area contributed by atoms with Gasteiger partial charge < -0.3 is 9.64 Å². The monoisotopic (exact) mass is 596 g/mol. The highest BCUT2D eigenvalue weighted by atomic mass is 32.1. The molecule has 0 unspecified atom stereocenters. The minimum absolute atomic E-state index is 0.0554. The molecule has 0 saturated heterocycles. The molecule has 0 bridgehead atoms. The lowest BCUT2D eigenvalue weighted by Crippen LogP contribution is -2.39. The number of fused-ring (bicyclic) bond motifs is 3. The van der Waals surface area contributed by atoms with Gasteiger partial charge in [0.05, 0.1) is 42.2 Å². The van der Waals surface area contributed by atoms with Gasteiger partial charge in [0, 0.05) is 58.5 Å². The van der Waals surface area contributed by atoms with Crippen molar-refractivity contribution in [2.75, 3.05) is 13.7 Å². The highest BCUT2D eigenvalue weighted by molar-refractivity contribution is 7.18. The van der Waals surface area contributed by atoms with Crippen LogP contribution < -0.4 is 4.74 Å². The van der Waals surface area contributed by atoms with Crippen LogP contribution in [-0.4, -0.2) is 49.0 Å². The summed E-state index contributed by atoms with van der Waals surface area (Å²) in [5.74, 6) is -1.61. The molecule has 216 valence electrons. The SMILES string of the molecule is C=CC(=O)N1Cc2cc(-c3nc(-c4ccc5nn(C)cc5c4)c4ccsc4c3-c3c(F)cc(F)cc3OC)nn2[C@@H](C)C1. The Morgan fingerprint density at radius 2 is 1.95 bits per heavy atom. The van der Waals surface area contributed by atoms with E-state index in [0.717, 1.165) is 38.3 Å². The number of amides is 1. The Kier molecular flexibility index (Phi) is 6.35. The predicted octanol–water partition coefficient (Wildman–Crippen LogP) is 6.76. The normalized spacial score (nSPS) is 14.8. The summed E-state index contributed by atoms with van der Waals surface area (Å²) in [7, 11) is 3.26. The summed E-state index contributed by atoms with van der Waals surface area (Å²) < 4.78 is 40.0. The maximum atomic E-state index is 15.8. The van der Waals surface area contributed by atoms with E-state index in [-0.39, 0.29) is 23.3 Å². The lowest BCUT2D eigenvalue weighted by atomic mass is 9.96. The topological polar surface area (TPSA) is 78.1 Å². The number of hydrogen-bond donors (Lipinski definition) is 0. The summed E-state index contributed by atoms with van der Waals surface area (Å²) in [6.45, 7) is 6.43. The molecule has 0 N–H and O–H groups in total. The average Bonchev–Trinajstić information content (AvgIpc) is 3.73. The molecule has 1 aliphatic rings. The van der Waals surface area contributed by atoms with Crippen molar-refractivity contribution in [2.45, 2.75) is 19.5 Å². The zero-order valence-corrected chi connectivity index (χ0v) is 24.5. The highest BCUT2D eigenvalue weighted by Gasteiger charge is 2.30. The molecule has 0 aliphatic carbocycles. The maximum Gasteiger partial charge on any atom is 0.246 e. The second kappa shape index (κ2) is 10.1. The first kappa shape index (κ1) is 27.0. The first-order valence-corrected chi connectivity index (χ1v) is 14.5. The van der Waals surface area contributed by atoms with Crippen LogP contribution in [-0.2, 0) is 18.4 Å². The molecule has 11 heteroatoms. The number of ether oxygens (including phenoxy) is 1. The van der Waals surface area contributed by atoms with Crippen molar-refractivity contribution >= 4 is 38.2 Å². The molecule has 4 aromatic heterocycles. The number of benzene rings is 2. The van der Waals surface area contributed by atoms with Gasteiger partial charge in [-0.1, -0.05) is 12.6 Å². The number of pyridine rings is 1. The fourth-order valence-corrected chi connectivity index (χ4v) is 6.86. The average molecular weight is 597 g/mol. The molecule has 0 saturated carbocycles. The van der Waals surface area contributed by atoms with Crippen LogP contribution in [0.1, 0.15) is 18.7 Å². The summed E-state index contributed by atoms with van der Waals surface area (Å²) in [5, 5.41) is 13.1. The van der Waals surface area contributed by atoms with E-state index in [9.17, 15) is 9.18 Å². The Labute approximate surface area is 249 Å². The molecule has 1 atom stereocenters. The van der Waals surface area contributed by atoms with Crippen LogP contribution in [0.4, 0.5) is 8.78 Å². The second-order valence-corrected chi connectivity index (χ2v) is 11.5. The minimum Gasteiger partial charge on any atom is -0.496 e. The Morgan fingerprint density at radius 1 is 1.12 bits per heavy atom. The van der Waals surface area contributed by atoms with Crippen LogP contribution in [0, 0.1) is 11.6 Å². The molecule has 8 nitrogen and oxygen atoms in total. The summed E-state index contributed by atoms with van der Waals surface area (Å²) >= 11 is 1.44. The quantitative estimate of drug-likeness (QED) is 0.206. The molecule has 5 heterocycles. The first-order chi connectivity index (χ1) is 20.7. The van der Waals surface area contributed by atoms with Crippen molar-refractivity contribution in [1.29, 1.82) is 0 Å². The number of thiophene rings is 1. The molecular weight excluding hydrogens is 570 g/mol. The predicted molar refractivity (Wildman–Crippen MR) is 163 cm³/mol. The molecule has 0 spiro atoms. The Hall–Kier alpha value is -4.90. The fraction of sp³-hybridized carbons (Fsp3) is 0.188. The third kappa shape index (κ3) is 4.38. The number of halogens is 2. The van der Waals surface area contributed by atoms with Crippen molar-refractivity contribution in [3.63, 3.8) is 0 Å². The van der Waals surface area contributed by atoms with Gasteiger partial charge in [-0.15, -0.1) is 11.3 Å². The van der Waals surface area contributed by atoms with Gasteiger partial charge in [0.25, 0.3) is 0 Å². The van der Waals surface area contributed by atoms with E-state index in [2.05, 4.69) is 11.7 Å². The van der Waals surface area contributed by atoms with Gasteiger partial charge in [0.2, 0.25) is 5.91 Å². The number of carbonyl (C=O) groups is 1. The summed E-state index contributed by atoms with van der Waals surface area (Å²) in [4.78, 5) is 19.3. The van der Waals surface area contributed by atoms with Crippen LogP contribution in [0.25, 0.3) is 54.8 Å². The molecule has 2 aromatic carbocycles. The summed E-state index contributed by atoms with van der Waals surface area (Å²) in [6.07, 6.45) is 3.25. The number of carbonyl (C=O) groups excluding carboxylic acids is 1. The zero-order valence-electron chi connectivity index (χ0n) is 23.6. The molecular formula is C32H26F2N6O2S. The Morgan fingerprint density at radius 3 is 2.74 bits per heavy atom. The van der Waals surface area contributed by atoms with Crippen molar-refractivity contribution < 1.29 is 18.3 Å². The summed E-state index contributed by atoms with van der Waals surface area (Å²) in [5.41, 5.74) is 4.74. The number of aryl methyl sites for hydroxylation is 1. The molecule has 1 amide bonds. The molecule has 7 rings (SSSR count). The molecule has 0 fully saturated rings. The molecule has 0 radical (unpaired) electrons. The van der Waals surface area contributed by atoms with Gasteiger partial charge in [0.1, 0.15) is 28.8 Å². The van der Waals surface area contributed by atoms with E-state index in [1.807, 2.05) is 60.6 Å². The van der Waals surface area contributed by atoms with Gasteiger partial charge >= 0.3 is 0 Å².